The zero-order valence-corrected chi connectivity index (χ0v) is 70.4. The molecule has 0 saturated heterocycles. The second-order valence-corrected chi connectivity index (χ2v) is 27.6. The zero-order chi connectivity index (χ0) is 94.1. The molecule has 0 N–H and O–H groups in total. The van der Waals surface area contributed by atoms with E-state index in [1.54, 1.807) is 6.08 Å². The molecule has 0 bridgehead atoms. The van der Waals surface area contributed by atoms with Gasteiger partial charge >= 0.3 is 111 Å². The molecule has 0 atom stereocenters. The maximum absolute atomic E-state index is 8.55. The maximum Gasteiger partial charge on any atom is 4.00 e. The zero-order valence-electron chi connectivity index (χ0n) is 52.5. The van der Waals surface area contributed by atoms with Crippen LogP contribution in [0.25, 0.3) is 0 Å². The van der Waals surface area contributed by atoms with Crippen LogP contribution in [0.3, 0.4) is 0 Å². The van der Waals surface area contributed by atoms with Gasteiger partial charge in [-0.25, -0.2) is 0 Å². The SMILES string of the molecule is C=CC=CC.O=P([O-])([O-])[O-].O=P([O-])([O-])[O-].O=P([O-])([O-])[O-].O=P([O-])([O-])[O-].O=P([O-])([O-])[O-].O=P([O-])([O-])[O-].O=P([O-])([O-])[O-].O=P([O-])([O-])[O-].O=P([O-])([O-])[O-].O=P([O-])([O-])[O-].O=P([O-])([O-])[O-].O=P([O-])([O-])[O-].O=P([O-])([O-])[O-].O=P([O-])([O-])[O-].O=P([O-])([O-])[O-].O=P([O-])([O-])[O-].O=P([O-])([O-])[O-].O=P([O-])([O-])[O-].O=P([O-])([O-])[O-].O=P([O-])([O-])[O-].[C+4].[C+4].[C+4].[C+4].[C+4].[C+4].[C+4].[C+4].[C+4].[C+4].[C+4].[C+4].[C+4].[C+4].[C+4]. The molecule has 0 aromatic heterocycles. The molecule has 0 rings (SSSR count). The third kappa shape index (κ3) is 124000. The Morgan fingerprint density at radius 3 is 0.150 bits per heavy atom. The van der Waals surface area contributed by atoms with Gasteiger partial charge in [-0.2, -0.15) is 156 Å². The van der Waals surface area contributed by atoms with Gasteiger partial charge in [0.1, 0.15) is 0 Å². The van der Waals surface area contributed by atoms with Crippen molar-refractivity contribution in [1.29, 1.82) is 0 Å². The summed E-state index contributed by atoms with van der Waals surface area (Å²) in [6.45, 7) is 5.42. The van der Waals surface area contributed by atoms with E-state index < -0.39 is 156 Å². The summed E-state index contributed by atoms with van der Waals surface area (Å²) in [5, 5.41) is 0. The topological polar surface area (TPSA) is 1720 Å². The third-order valence-electron chi connectivity index (χ3n) is 0.329. The van der Waals surface area contributed by atoms with Crippen LogP contribution in [0.4, 0.5) is 0 Å². The molecule has 0 spiro atoms. The number of hydrogen-bond acceptors (Lipinski definition) is 80. The van der Waals surface area contributed by atoms with Crippen LogP contribution < -0.4 is 294 Å². The van der Waals surface area contributed by atoms with Gasteiger partial charge < -0.3 is 385 Å². The van der Waals surface area contributed by atoms with Crippen LogP contribution in [0.5, 0.6) is 0 Å². The van der Waals surface area contributed by atoms with Gasteiger partial charge in [-0.1, -0.05) is 24.8 Å². The first-order chi connectivity index (χ1) is 42.4. The first kappa shape index (κ1) is 241. The number of hydrogen-bond donors (Lipinski definition) is 0. The molecule has 100 heteroatoms. The molecule has 0 heterocycles. The van der Waals surface area contributed by atoms with E-state index in [-0.39, 0.29) is 111 Å². The summed E-state index contributed by atoms with van der Waals surface area (Å²) in [5.41, 5.74) is 0. The maximum atomic E-state index is 8.55. The minimum atomic E-state index is -5.39. The van der Waals surface area contributed by atoms with E-state index in [1.165, 1.54) is 0 Å². The average Bonchev–Trinajstić information content (AvgIpc) is 2.97. The van der Waals surface area contributed by atoms with E-state index in [0.717, 1.165) is 0 Å². The van der Waals surface area contributed by atoms with Gasteiger partial charge in [-0.15, -0.1) is 0 Å². The van der Waals surface area contributed by atoms with E-state index >= 15 is 0 Å². The summed E-state index contributed by atoms with van der Waals surface area (Å²) in [6, 6.07) is 0. The Morgan fingerprint density at radius 2 is 0.150 bits per heavy atom. The van der Waals surface area contributed by atoms with Crippen LogP contribution in [0, 0.1) is 111 Å². The molecule has 0 amide bonds. The average molecular weight is 2150 g/mol. The summed E-state index contributed by atoms with van der Waals surface area (Å²) in [6.07, 6.45) is 5.58. The molecule has 0 aliphatic heterocycles. The van der Waals surface area contributed by atoms with Crippen molar-refractivity contribution in [2.75, 3.05) is 0 Å². The molecule has 0 saturated carbocycles. The predicted molar refractivity (Wildman–Crippen MR) is 226 cm³/mol. The Kier molecular flexibility index (Phi) is 224. The van der Waals surface area contributed by atoms with Crippen LogP contribution in [-0.2, 0) is 91.3 Å². The van der Waals surface area contributed by atoms with Crippen LogP contribution in [-0.4, -0.2) is 0 Å². The van der Waals surface area contributed by atoms with Crippen LogP contribution in [0.15, 0.2) is 24.8 Å². The normalized spacial score (nSPS) is 10.2. The summed E-state index contributed by atoms with van der Waals surface area (Å²) >= 11 is 0. The van der Waals surface area contributed by atoms with Crippen molar-refractivity contribution in [1.82, 2.24) is 0 Å². The van der Waals surface area contributed by atoms with Crippen LogP contribution in [0.2, 0.25) is 0 Å². The van der Waals surface area contributed by atoms with Crippen molar-refractivity contribution in [2.24, 2.45) is 0 Å². The molecule has 668 valence electrons. The molecule has 0 radical (unpaired) electrons. The Morgan fingerprint density at radius 1 is 0.125 bits per heavy atom. The van der Waals surface area contributed by atoms with Crippen molar-refractivity contribution in [3.8, 4) is 0 Å². The van der Waals surface area contributed by atoms with Gasteiger partial charge in [0.05, 0.1) is 0 Å². The summed E-state index contributed by atoms with van der Waals surface area (Å²) in [7, 11) is -108. The van der Waals surface area contributed by atoms with E-state index in [0.29, 0.717) is 0 Å². The Bertz CT molecular complexity index is 2080. The van der Waals surface area contributed by atoms with Gasteiger partial charge in [0, 0.05) is 0 Å². The van der Waals surface area contributed by atoms with E-state index in [9.17, 15) is 0 Å². The molecule has 0 aromatic rings. The van der Waals surface area contributed by atoms with Crippen LogP contribution in [0.1, 0.15) is 6.92 Å². The van der Waals surface area contributed by atoms with Crippen molar-refractivity contribution in [3.63, 3.8) is 0 Å². The van der Waals surface area contributed by atoms with Crippen molar-refractivity contribution in [3.05, 3.63) is 136 Å². The van der Waals surface area contributed by atoms with Gasteiger partial charge in [0.2, 0.25) is 0 Å². The van der Waals surface area contributed by atoms with E-state index in [2.05, 4.69) is 6.58 Å². The molecule has 0 aromatic carbocycles. The van der Waals surface area contributed by atoms with Crippen molar-refractivity contribution < 1.29 is 385 Å². The van der Waals surface area contributed by atoms with Crippen molar-refractivity contribution in [2.45, 2.75) is 6.92 Å². The Hall–Kier alpha value is 1.68. The van der Waals surface area contributed by atoms with Gasteiger partial charge in [0.25, 0.3) is 0 Å². The minimum Gasteiger partial charge on any atom is -0.822 e. The largest absolute Gasteiger partial charge is 4.00 e. The van der Waals surface area contributed by atoms with Gasteiger partial charge in [-0.3, -0.25) is 0 Å². The number of allylic oxidation sites excluding steroid dienone is 3. The van der Waals surface area contributed by atoms with Crippen molar-refractivity contribution >= 4 is 156 Å². The molecule has 120 heavy (non-hydrogen) atoms. The Balaban J connectivity index is -0.0000000180. The summed E-state index contributed by atoms with van der Waals surface area (Å²) < 4.78 is 171. The van der Waals surface area contributed by atoms with Gasteiger partial charge in [0.15, 0.2) is 0 Å². The monoisotopic (exact) mass is 2150 g/mol. The molecule has 0 aliphatic carbocycles. The van der Waals surface area contributed by atoms with Gasteiger partial charge in [-0.05, 0) is 6.92 Å². The number of rotatable bonds is 1. The smallest absolute Gasteiger partial charge is 0.822 e. The quantitative estimate of drug-likeness (QED) is 0.174. The molecular formula is C20H8O80P20. The summed E-state index contributed by atoms with van der Waals surface area (Å²) in [4.78, 5) is 513. The van der Waals surface area contributed by atoms with Crippen LogP contribution >= 0.6 is 156 Å². The standard InChI is InChI=1S/C5H8.15C.20H3O4P/c1-3-5-4-2;;;;;;;;;;;;;;;;20*1-5(2,3)4/h3-5H,1H2,2H3;;;;;;;;;;;;;;;;20*(H3,1,2,3,4)/q;15*+4;;;;;;;;;;;;;;;;;;;;/p-60. The van der Waals surface area contributed by atoms with E-state index in [4.69, 9.17) is 385 Å². The third-order valence-corrected chi connectivity index (χ3v) is 0.329. The fraction of sp³-hybridized carbons (Fsp3) is 0.0500. The second-order valence-electron chi connectivity index (χ2n) is 9.71. The molecule has 0 aliphatic rings. The first-order valence-electron chi connectivity index (χ1n) is 16.3. The second kappa shape index (κ2) is 111. The Labute approximate surface area is 682 Å². The fourth-order valence-corrected chi connectivity index (χ4v) is 0.136. The van der Waals surface area contributed by atoms with E-state index in [1.807, 2.05) is 19.1 Å². The fourth-order valence-electron chi connectivity index (χ4n) is 0.136. The molecular weight excluding hydrogens is 2140 g/mol. The molecule has 0 unspecified atom stereocenters. The molecule has 0 fully saturated rings. The first-order valence-corrected chi connectivity index (χ1v) is 45.5. The predicted octanol–water partition coefficient (Wildman–Crippen LogP) is -53.5. The molecule has 80 nitrogen and oxygen atoms in total. The minimum absolute atomic E-state index is 0. The number of phosphoric acid groups is 20. The summed E-state index contributed by atoms with van der Waals surface area (Å²) in [5.74, 6) is 0.